The van der Waals surface area contributed by atoms with E-state index in [4.69, 9.17) is 11.6 Å². The van der Waals surface area contributed by atoms with Gasteiger partial charge >= 0.3 is 6.03 Å². The van der Waals surface area contributed by atoms with Gasteiger partial charge in [0.1, 0.15) is 0 Å². The molecule has 0 spiro atoms. The van der Waals surface area contributed by atoms with Crippen molar-refractivity contribution in [3.63, 3.8) is 0 Å². The maximum absolute atomic E-state index is 11.7. The Bertz CT molecular complexity index is 541. The molecule has 0 radical (unpaired) electrons. The maximum Gasteiger partial charge on any atom is 0.321 e. The number of urea groups is 1. The molecule has 0 bridgehead atoms. The summed E-state index contributed by atoms with van der Waals surface area (Å²) < 4.78 is 0. The number of imide groups is 1. The molecule has 0 aromatic heterocycles. The lowest BCUT2D eigenvalue weighted by Gasteiger charge is -2.27. The minimum atomic E-state index is -0.426. The quantitative estimate of drug-likeness (QED) is 0.780. The molecule has 21 heavy (non-hydrogen) atoms. The van der Waals surface area contributed by atoms with Gasteiger partial charge in [-0.2, -0.15) is 0 Å². The lowest BCUT2D eigenvalue weighted by Crippen LogP contribution is -2.47. The SMILES string of the molecule is CC(C)(NCC(=O)NC(=O)NC1CC1)c1cccc(Cl)c1. The van der Waals surface area contributed by atoms with Crippen molar-refractivity contribution in [2.24, 2.45) is 0 Å². The van der Waals surface area contributed by atoms with Gasteiger partial charge < -0.3 is 5.32 Å². The molecule has 0 atom stereocenters. The van der Waals surface area contributed by atoms with Crippen molar-refractivity contribution in [1.29, 1.82) is 0 Å². The lowest BCUT2D eigenvalue weighted by atomic mass is 9.94. The van der Waals surface area contributed by atoms with Crippen LogP contribution in [0.25, 0.3) is 0 Å². The highest BCUT2D eigenvalue weighted by molar-refractivity contribution is 6.30. The molecule has 3 N–H and O–H groups in total. The molecule has 1 fully saturated rings. The van der Waals surface area contributed by atoms with E-state index in [-0.39, 0.29) is 18.5 Å². The molecule has 0 aliphatic heterocycles. The minimum Gasteiger partial charge on any atom is -0.335 e. The van der Waals surface area contributed by atoms with Crippen LogP contribution < -0.4 is 16.0 Å². The Hall–Kier alpha value is -1.59. The summed E-state index contributed by atoms with van der Waals surface area (Å²) in [5.41, 5.74) is 0.556. The highest BCUT2D eigenvalue weighted by Crippen LogP contribution is 2.22. The first kappa shape index (κ1) is 15.8. The first-order valence-electron chi connectivity index (χ1n) is 6.98. The van der Waals surface area contributed by atoms with E-state index >= 15 is 0 Å². The number of carbonyl (C=O) groups is 2. The molecule has 2 rings (SSSR count). The highest BCUT2D eigenvalue weighted by Gasteiger charge is 2.25. The van der Waals surface area contributed by atoms with Crippen LogP contribution >= 0.6 is 11.6 Å². The summed E-state index contributed by atoms with van der Waals surface area (Å²) in [6.45, 7) is 3.96. The summed E-state index contributed by atoms with van der Waals surface area (Å²) in [5.74, 6) is -0.358. The monoisotopic (exact) mass is 309 g/mol. The molecule has 5 nitrogen and oxygen atoms in total. The van der Waals surface area contributed by atoms with Gasteiger partial charge in [-0.05, 0) is 44.4 Å². The number of hydrogen-bond donors (Lipinski definition) is 3. The Morgan fingerprint density at radius 2 is 2.05 bits per heavy atom. The average Bonchev–Trinajstić information content (AvgIpc) is 3.20. The number of halogens is 1. The zero-order chi connectivity index (χ0) is 15.5. The van der Waals surface area contributed by atoms with E-state index in [0.717, 1.165) is 18.4 Å². The molecule has 1 aromatic carbocycles. The Labute approximate surface area is 129 Å². The van der Waals surface area contributed by atoms with E-state index in [1.807, 2.05) is 32.0 Å². The molecular weight excluding hydrogens is 290 g/mol. The van der Waals surface area contributed by atoms with Crippen LogP contribution in [0.2, 0.25) is 5.02 Å². The second kappa shape index (κ2) is 6.45. The van der Waals surface area contributed by atoms with Crippen LogP contribution in [0.15, 0.2) is 24.3 Å². The van der Waals surface area contributed by atoms with E-state index in [0.29, 0.717) is 5.02 Å². The van der Waals surface area contributed by atoms with Crippen LogP contribution in [-0.2, 0) is 10.3 Å². The fourth-order valence-corrected chi connectivity index (χ4v) is 2.09. The third-order valence-electron chi connectivity index (χ3n) is 3.40. The van der Waals surface area contributed by atoms with Gasteiger partial charge in [-0.25, -0.2) is 4.79 Å². The zero-order valence-electron chi connectivity index (χ0n) is 12.2. The molecular formula is C15H20ClN3O2. The first-order valence-corrected chi connectivity index (χ1v) is 7.36. The van der Waals surface area contributed by atoms with Gasteiger partial charge in [0.2, 0.25) is 5.91 Å². The van der Waals surface area contributed by atoms with Crippen LogP contribution in [-0.4, -0.2) is 24.5 Å². The van der Waals surface area contributed by atoms with E-state index in [1.54, 1.807) is 6.07 Å². The minimum absolute atomic E-state index is 0.0532. The Kier molecular flexibility index (Phi) is 4.85. The fraction of sp³-hybridized carbons (Fsp3) is 0.467. The number of carbonyl (C=O) groups excluding carboxylic acids is 2. The number of benzene rings is 1. The van der Waals surface area contributed by atoms with Crippen molar-refractivity contribution in [2.45, 2.75) is 38.3 Å². The van der Waals surface area contributed by atoms with Gasteiger partial charge in [-0.15, -0.1) is 0 Å². The number of hydrogen-bond acceptors (Lipinski definition) is 3. The highest BCUT2D eigenvalue weighted by atomic mass is 35.5. The van der Waals surface area contributed by atoms with Crippen molar-refractivity contribution in [3.05, 3.63) is 34.9 Å². The summed E-state index contributed by atoms with van der Waals surface area (Å²) in [4.78, 5) is 23.2. The predicted molar refractivity (Wildman–Crippen MR) is 82.2 cm³/mol. The molecule has 6 heteroatoms. The molecule has 0 unspecified atom stereocenters. The summed E-state index contributed by atoms with van der Waals surface area (Å²) >= 11 is 5.98. The van der Waals surface area contributed by atoms with E-state index in [9.17, 15) is 9.59 Å². The zero-order valence-corrected chi connectivity index (χ0v) is 13.0. The van der Waals surface area contributed by atoms with Gasteiger partial charge in [0, 0.05) is 16.6 Å². The van der Waals surface area contributed by atoms with Gasteiger partial charge in [0.25, 0.3) is 0 Å². The molecule has 0 saturated heterocycles. The standard InChI is InChI=1S/C15H20ClN3O2/c1-15(2,10-4-3-5-11(16)8-10)17-9-13(20)19-14(21)18-12-6-7-12/h3-5,8,12,17H,6-7,9H2,1-2H3,(H2,18,19,20,21). The molecule has 114 valence electrons. The van der Waals surface area contributed by atoms with Crippen LogP contribution in [0.3, 0.4) is 0 Å². The summed E-state index contributed by atoms with van der Waals surface area (Å²) in [6, 6.07) is 7.27. The lowest BCUT2D eigenvalue weighted by molar-refractivity contribution is -0.119. The van der Waals surface area contributed by atoms with Gasteiger partial charge in [0.05, 0.1) is 6.54 Å². The summed E-state index contributed by atoms with van der Waals surface area (Å²) in [6.07, 6.45) is 1.98. The van der Waals surface area contributed by atoms with Gasteiger partial charge in [0.15, 0.2) is 0 Å². The predicted octanol–water partition coefficient (Wildman–Crippen LogP) is 2.15. The molecule has 0 heterocycles. The normalized spacial score (nSPS) is 14.6. The third-order valence-corrected chi connectivity index (χ3v) is 3.64. The third kappa shape index (κ3) is 5.02. The molecule has 1 aliphatic carbocycles. The van der Waals surface area contributed by atoms with Crippen LogP contribution in [0.5, 0.6) is 0 Å². The molecule has 1 aromatic rings. The molecule has 1 aliphatic rings. The second-order valence-electron chi connectivity index (χ2n) is 5.78. The van der Waals surface area contributed by atoms with Crippen LogP contribution in [0.4, 0.5) is 4.79 Å². The van der Waals surface area contributed by atoms with Crippen molar-refractivity contribution in [2.75, 3.05) is 6.54 Å². The Morgan fingerprint density at radius 1 is 1.33 bits per heavy atom. The first-order chi connectivity index (χ1) is 9.87. The number of rotatable bonds is 5. The van der Waals surface area contributed by atoms with Crippen molar-refractivity contribution in [3.8, 4) is 0 Å². The van der Waals surface area contributed by atoms with E-state index in [2.05, 4.69) is 16.0 Å². The summed E-state index contributed by atoms with van der Waals surface area (Å²) in [5, 5.41) is 8.79. The van der Waals surface area contributed by atoms with Gasteiger partial charge in [-0.3, -0.25) is 15.4 Å². The Balaban J connectivity index is 1.82. The largest absolute Gasteiger partial charge is 0.335 e. The van der Waals surface area contributed by atoms with E-state index < -0.39 is 11.6 Å². The number of nitrogens with one attached hydrogen (secondary N) is 3. The topological polar surface area (TPSA) is 70.2 Å². The Morgan fingerprint density at radius 3 is 2.67 bits per heavy atom. The second-order valence-corrected chi connectivity index (χ2v) is 6.22. The summed E-state index contributed by atoms with van der Waals surface area (Å²) in [7, 11) is 0. The molecule has 3 amide bonds. The van der Waals surface area contributed by atoms with E-state index in [1.165, 1.54) is 0 Å². The fourth-order valence-electron chi connectivity index (χ4n) is 1.90. The van der Waals surface area contributed by atoms with Crippen molar-refractivity contribution < 1.29 is 9.59 Å². The van der Waals surface area contributed by atoms with Crippen molar-refractivity contribution in [1.82, 2.24) is 16.0 Å². The number of amides is 3. The van der Waals surface area contributed by atoms with Gasteiger partial charge in [-0.1, -0.05) is 23.7 Å². The average molecular weight is 310 g/mol. The maximum atomic E-state index is 11.7. The smallest absolute Gasteiger partial charge is 0.321 e. The van der Waals surface area contributed by atoms with Crippen LogP contribution in [0.1, 0.15) is 32.3 Å². The van der Waals surface area contributed by atoms with Crippen LogP contribution in [0, 0.1) is 0 Å². The molecule has 1 saturated carbocycles. The van der Waals surface area contributed by atoms with Crippen molar-refractivity contribution >= 4 is 23.5 Å².